The van der Waals surface area contributed by atoms with Gasteiger partial charge in [-0.05, 0) is 25.1 Å². The van der Waals surface area contributed by atoms with Crippen molar-refractivity contribution >= 4 is 34.7 Å². The van der Waals surface area contributed by atoms with Crippen LogP contribution in [0.1, 0.15) is 32.5 Å². The van der Waals surface area contributed by atoms with Gasteiger partial charge in [0.1, 0.15) is 22.9 Å². The van der Waals surface area contributed by atoms with Crippen LogP contribution in [0.5, 0.6) is 5.75 Å². The first-order valence-electron chi connectivity index (χ1n) is 8.96. The molecule has 0 aliphatic rings. The van der Waals surface area contributed by atoms with E-state index in [1.807, 2.05) is 24.3 Å². The number of hydrogen-bond donors (Lipinski definition) is 0. The Morgan fingerprint density at radius 3 is 2.63 bits per heavy atom. The van der Waals surface area contributed by atoms with Gasteiger partial charge in [-0.25, -0.2) is 9.78 Å². The number of ether oxygens (including phenoxy) is 2. The molecule has 1 heterocycles. The van der Waals surface area contributed by atoms with Crippen LogP contribution in [0.2, 0.25) is 5.02 Å². The molecule has 0 amide bonds. The van der Waals surface area contributed by atoms with Crippen molar-refractivity contribution in [2.75, 3.05) is 6.61 Å². The van der Waals surface area contributed by atoms with Crippen LogP contribution in [0.4, 0.5) is 0 Å². The molecule has 8 heteroatoms. The van der Waals surface area contributed by atoms with Crippen LogP contribution in [0, 0.1) is 18.3 Å². The summed E-state index contributed by atoms with van der Waals surface area (Å²) < 4.78 is 10.9. The first kappa shape index (κ1) is 21.5. The summed E-state index contributed by atoms with van der Waals surface area (Å²) in [4.78, 5) is 29.1. The van der Waals surface area contributed by atoms with E-state index in [4.69, 9.17) is 21.1 Å². The second-order valence-corrected chi connectivity index (χ2v) is 7.60. The van der Waals surface area contributed by atoms with Gasteiger partial charge in [0.2, 0.25) is 0 Å². The first-order chi connectivity index (χ1) is 14.5. The number of carbonyl (C=O) groups excluding carboxylic acids is 2. The smallest absolute Gasteiger partial charge is 0.342 e. The monoisotopic (exact) mass is 440 g/mol. The van der Waals surface area contributed by atoms with Gasteiger partial charge < -0.3 is 9.47 Å². The Morgan fingerprint density at radius 1 is 1.20 bits per heavy atom. The molecule has 1 aromatic heterocycles. The second-order valence-electron chi connectivity index (χ2n) is 6.31. The number of aryl methyl sites for hydroxylation is 1. The molecule has 3 rings (SSSR count). The van der Waals surface area contributed by atoms with Crippen molar-refractivity contribution < 1.29 is 19.1 Å². The van der Waals surface area contributed by atoms with Crippen molar-refractivity contribution in [2.24, 2.45) is 0 Å². The summed E-state index contributed by atoms with van der Waals surface area (Å²) in [6, 6.07) is 15.7. The molecule has 0 saturated carbocycles. The summed E-state index contributed by atoms with van der Waals surface area (Å²) in [6.45, 7) is 1.41. The predicted molar refractivity (Wildman–Crippen MR) is 113 cm³/mol. The average molecular weight is 441 g/mol. The van der Waals surface area contributed by atoms with Crippen molar-refractivity contribution in [3.05, 3.63) is 80.8 Å². The van der Waals surface area contributed by atoms with Gasteiger partial charge in [-0.3, -0.25) is 4.79 Å². The molecule has 2 aromatic carbocycles. The fraction of sp³-hybridized carbons (Fsp3) is 0.182. The third kappa shape index (κ3) is 5.23. The highest BCUT2D eigenvalue weighted by molar-refractivity contribution is 7.09. The molecule has 0 N–H and O–H groups in total. The summed E-state index contributed by atoms with van der Waals surface area (Å²) in [5.74, 6) is -2.01. The molecule has 30 heavy (non-hydrogen) atoms. The van der Waals surface area contributed by atoms with Gasteiger partial charge in [0, 0.05) is 21.7 Å². The van der Waals surface area contributed by atoms with E-state index in [0.717, 1.165) is 11.3 Å². The maximum absolute atomic E-state index is 12.5. The average Bonchev–Trinajstić information content (AvgIpc) is 3.18. The van der Waals surface area contributed by atoms with Gasteiger partial charge in [0.15, 0.2) is 18.3 Å². The molecule has 3 aromatic rings. The van der Waals surface area contributed by atoms with Crippen molar-refractivity contribution in [1.82, 2.24) is 4.98 Å². The molecule has 6 nitrogen and oxygen atoms in total. The number of nitrogens with zero attached hydrogens (tertiary/aromatic N) is 2. The minimum Gasteiger partial charge on any atom is -0.488 e. The van der Waals surface area contributed by atoms with Crippen LogP contribution < -0.4 is 4.74 Å². The summed E-state index contributed by atoms with van der Waals surface area (Å²) in [7, 11) is 0. The Morgan fingerprint density at radius 2 is 1.93 bits per heavy atom. The highest BCUT2D eigenvalue weighted by Crippen LogP contribution is 2.24. The zero-order chi connectivity index (χ0) is 21.5. The number of para-hydroxylation sites is 1. The highest BCUT2D eigenvalue weighted by atomic mass is 35.5. The van der Waals surface area contributed by atoms with Gasteiger partial charge in [0.25, 0.3) is 0 Å². The molecular weight excluding hydrogens is 424 g/mol. The Balaban J connectivity index is 1.65. The van der Waals surface area contributed by atoms with E-state index in [1.54, 1.807) is 42.6 Å². The van der Waals surface area contributed by atoms with Crippen molar-refractivity contribution in [1.29, 1.82) is 5.26 Å². The number of halogens is 1. The number of benzene rings is 2. The molecule has 0 saturated heterocycles. The maximum Gasteiger partial charge on any atom is 0.342 e. The lowest BCUT2D eigenvalue weighted by molar-refractivity contribution is -0.122. The number of Topliss-reactive ketones (excluding diaryl/α,β-unsaturated/α-hetero) is 1. The first-order valence-corrected chi connectivity index (χ1v) is 10.2. The number of rotatable bonds is 8. The van der Waals surface area contributed by atoms with Crippen LogP contribution in [0.15, 0.2) is 53.9 Å². The van der Waals surface area contributed by atoms with Gasteiger partial charge in [0.05, 0.1) is 6.07 Å². The largest absolute Gasteiger partial charge is 0.488 e. The van der Waals surface area contributed by atoms with Crippen LogP contribution in [-0.4, -0.2) is 23.3 Å². The third-order valence-corrected chi connectivity index (χ3v) is 5.52. The molecular formula is C22H17ClN2O4S. The number of carbonyl (C=O) groups is 2. The van der Waals surface area contributed by atoms with E-state index in [-0.39, 0.29) is 12.2 Å². The lowest BCUT2D eigenvalue weighted by Gasteiger charge is -2.12. The number of esters is 1. The zero-order valence-electron chi connectivity index (χ0n) is 16.0. The number of aromatic nitrogens is 1. The summed E-state index contributed by atoms with van der Waals surface area (Å²) in [5, 5.41) is 12.0. The maximum atomic E-state index is 12.5. The quantitative estimate of drug-likeness (QED) is 0.471. The summed E-state index contributed by atoms with van der Waals surface area (Å²) in [5.41, 5.74) is 1.67. The minimum absolute atomic E-state index is 0.169. The molecule has 152 valence electrons. The Bertz CT molecular complexity index is 1110. The molecule has 0 unspecified atom stereocenters. The minimum atomic E-state index is -1.07. The fourth-order valence-electron chi connectivity index (χ4n) is 2.60. The molecule has 0 bridgehead atoms. The van der Waals surface area contributed by atoms with Crippen LogP contribution in [-0.2, 0) is 16.1 Å². The lowest BCUT2D eigenvalue weighted by atomic mass is 10.1. The standard InChI is InChI=1S/C22H17ClN2O4S/c1-14-13-30-21(25-14)17(10-24)19(26)12-29-22(27)16-7-3-5-9-20(16)28-11-15-6-2-4-8-18(15)23/h2-9,13,17H,11-12H2,1H3/t17-/m0/s1. The van der Waals surface area contributed by atoms with E-state index in [9.17, 15) is 14.9 Å². The van der Waals surface area contributed by atoms with Gasteiger partial charge in [-0.15, -0.1) is 11.3 Å². The number of thiazole rings is 1. The van der Waals surface area contributed by atoms with Crippen molar-refractivity contribution in [2.45, 2.75) is 19.4 Å². The SMILES string of the molecule is Cc1csc([C@@H](C#N)C(=O)COC(=O)c2ccccc2OCc2ccccc2Cl)n1. The Labute approximate surface area is 182 Å². The van der Waals surface area contributed by atoms with Crippen LogP contribution in [0.25, 0.3) is 0 Å². The van der Waals surface area contributed by atoms with E-state index < -0.39 is 24.3 Å². The number of hydrogen-bond acceptors (Lipinski definition) is 7. The molecule has 0 aliphatic carbocycles. The Kier molecular flexibility index (Phi) is 7.17. The molecule has 0 radical (unpaired) electrons. The van der Waals surface area contributed by atoms with Gasteiger partial charge in [-0.2, -0.15) is 5.26 Å². The normalized spacial score (nSPS) is 11.4. The summed E-state index contributed by atoms with van der Waals surface area (Å²) in [6.07, 6.45) is 0. The Hall–Kier alpha value is -3.21. The zero-order valence-corrected chi connectivity index (χ0v) is 17.6. The molecule has 0 spiro atoms. The van der Waals surface area contributed by atoms with Gasteiger partial charge in [-0.1, -0.05) is 41.9 Å². The van der Waals surface area contributed by atoms with E-state index >= 15 is 0 Å². The van der Waals surface area contributed by atoms with Crippen LogP contribution >= 0.6 is 22.9 Å². The third-order valence-electron chi connectivity index (χ3n) is 4.13. The highest BCUT2D eigenvalue weighted by Gasteiger charge is 2.25. The second kappa shape index (κ2) is 10.0. The van der Waals surface area contributed by atoms with E-state index in [1.165, 1.54) is 11.3 Å². The van der Waals surface area contributed by atoms with Gasteiger partial charge >= 0.3 is 5.97 Å². The van der Waals surface area contributed by atoms with E-state index in [0.29, 0.717) is 15.8 Å². The predicted octanol–water partition coefficient (Wildman–Crippen LogP) is 4.72. The molecule has 1 atom stereocenters. The fourth-order valence-corrected chi connectivity index (χ4v) is 3.65. The van der Waals surface area contributed by atoms with E-state index in [2.05, 4.69) is 4.98 Å². The van der Waals surface area contributed by atoms with Crippen molar-refractivity contribution in [3.8, 4) is 11.8 Å². The lowest BCUT2D eigenvalue weighted by Crippen LogP contribution is -2.20. The topological polar surface area (TPSA) is 89.3 Å². The summed E-state index contributed by atoms with van der Waals surface area (Å²) >= 11 is 7.36. The number of ketones is 1. The number of nitriles is 1. The van der Waals surface area contributed by atoms with Crippen molar-refractivity contribution in [3.63, 3.8) is 0 Å². The van der Waals surface area contributed by atoms with Crippen LogP contribution in [0.3, 0.4) is 0 Å². The molecule has 0 fully saturated rings. The molecule has 0 aliphatic heterocycles.